The number of hydrogen-bond acceptors (Lipinski definition) is 3. The van der Waals surface area contributed by atoms with E-state index in [1.165, 1.54) is 5.56 Å². The molecule has 0 aliphatic carbocycles. The topological polar surface area (TPSA) is 58.6 Å². The summed E-state index contributed by atoms with van der Waals surface area (Å²) in [6, 6.07) is 10.3. The molecule has 1 aromatic rings. The van der Waals surface area contributed by atoms with Gasteiger partial charge in [0.15, 0.2) is 0 Å². The van der Waals surface area contributed by atoms with Crippen molar-refractivity contribution in [1.82, 2.24) is 5.32 Å². The minimum Gasteiger partial charge on any atom is -0.481 e. The van der Waals surface area contributed by atoms with E-state index < -0.39 is 11.4 Å². The molecule has 0 aliphatic rings. The van der Waals surface area contributed by atoms with Crippen molar-refractivity contribution in [1.29, 1.82) is 0 Å². The highest BCUT2D eigenvalue weighted by molar-refractivity contribution is 5.74. The Balaban J connectivity index is 2.67. The van der Waals surface area contributed by atoms with Crippen molar-refractivity contribution >= 4 is 5.97 Å². The average Bonchev–Trinajstić information content (AvgIpc) is 2.49. The van der Waals surface area contributed by atoms with Gasteiger partial charge >= 0.3 is 5.97 Å². The van der Waals surface area contributed by atoms with E-state index >= 15 is 0 Å². The Morgan fingerprint density at radius 3 is 2.38 bits per heavy atom. The van der Waals surface area contributed by atoms with Gasteiger partial charge in [-0.3, -0.25) is 4.79 Å². The van der Waals surface area contributed by atoms with Gasteiger partial charge in [0.2, 0.25) is 0 Å². The lowest BCUT2D eigenvalue weighted by molar-refractivity contribution is -0.149. The summed E-state index contributed by atoms with van der Waals surface area (Å²) in [5, 5.41) is 12.9. The molecule has 4 heteroatoms. The predicted molar refractivity (Wildman–Crippen MR) is 84.5 cm³/mol. The van der Waals surface area contributed by atoms with E-state index in [1.807, 2.05) is 32.0 Å². The van der Waals surface area contributed by atoms with E-state index in [2.05, 4.69) is 17.4 Å². The van der Waals surface area contributed by atoms with Crippen molar-refractivity contribution < 1.29 is 14.6 Å². The monoisotopic (exact) mass is 293 g/mol. The molecule has 1 unspecified atom stereocenters. The van der Waals surface area contributed by atoms with Gasteiger partial charge in [-0.1, -0.05) is 44.2 Å². The highest BCUT2D eigenvalue weighted by atomic mass is 16.5. The Morgan fingerprint density at radius 1 is 1.29 bits per heavy atom. The molecule has 0 amide bonds. The number of ether oxygens (including phenoxy) is 1. The second kappa shape index (κ2) is 8.80. The second-order valence-corrected chi connectivity index (χ2v) is 5.52. The number of nitrogens with one attached hydrogen (secondary N) is 1. The maximum Gasteiger partial charge on any atom is 0.310 e. The standard InChI is InChI=1S/C17H27NO3/c1-4-17(5-2,16(19)20)13-18-15(12-21-3)11-14-9-7-6-8-10-14/h6-10,15,18H,4-5,11-13H2,1-3H3,(H,19,20). The molecular formula is C17H27NO3. The fraction of sp³-hybridized carbons (Fsp3) is 0.588. The summed E-state index contributed by atoms with van der Waals surface area (Å²) in [6.45, 7) is 4.90. The number of aliphatic carboxylic acids is 1. The minimum absolute atomic E-state index is 0.120. The molecule has 0 saturated heterocycles. The fourth-order valence-corrected chi connectivity index (χ4v) is 2.51. The SMILES string of the molecule is CCC(CC)(CNC(COC)Cc1ccccc1)C(=O)O. The van der Waals surface area contributed by atoms with Crippen LogP contribution in [-0.4, -0.2) is 37.4 Å². The van der Waals surface area contributed by atoms with Crippen LogP contribution in [0.3, 0.4) is 0 Å². The smallest absolute Gasteiger partial charge is 0.310 e. The molecule has 21 heavy (non-hydrogen) atoms. The quantitative estimate of drug-likeness (QED) is 0.696. The van der Waals surface area contributed by atoms with Crippen molar-refractivity contribution in [3.63, 3.8) is 0 Å². The van der Waals surface area contributed by atoms with Gasteiger partial charge in [-0.2, -0.15) is 0 Å². The molecule has 1 atom stereocenters. The predicted octanol–water partition coefficient (Wildman–Crippen LogP) is 2.72. The van der Waals surface area contributed by atoms with Crippen molar-refractivity contribution in [2.75, 3.05) is 20.3 Å². The van der Waals surface area contributed by atoms with Crippen LogP contribution in [0.15, 0.2) is 30.3 Å². The van der Waals surface area contributed by atoms with Crippen LogP contribution in [0.25, 0.3) is 0 Å². The number of carboxylic acid groups (broad SMARTS) is 1. The molecular weight excluding hydrogens is 266 g/mol. The lowest BCUT2D eigenvalue weighted by Gasteiger charge is -2.29. The van der Waals surface area contributed by atoms with Crippen LogP contribution < -0.4 is 5.32 Å². The molecule has 0 aromatic heterocycles. The zero-order chi connectivity index (χ0) is 15.7. The lowest BCUT2D eigenvalue weighted by atomic mass is 9.82. The number of carboxylic acids is 1. The van der Waals surface area contributed by atoms with Gasteiger partial charge in [-0.15, -0.1) is 0 Å². The molecule has 2 N–H and O–H groups in total. The second-order valence-electron chi connectivity index (χ2n) is 5.52. The molecule has 0 heterocycles. The molecule has 0 aliphatic heterocycles. The van der Waals surface area contributed by atoms with E-state index in [0.717, 1.165) is 6.42 Å². The van der Waals surface area contributed by atoms with Crippen LogP contribution in [0.1, 0.15) is 32.3 Å². The molecule has 0 spiro atoms. The van der Waals surface area contributed by atoms with Crippen molar-refractivity contribution in [2.24, 2.45) is 5.41 Å². The highest BCUT2D eigenvalue weighted by Crippen LogP contribution is 2.26. The van der Waals surface area contributed by atoms with E-state index in [4.69, 9.17) is 4.74 Å². The van der Waals surface area contributed by atoms with E-state index in [-0.39, 0.29) is 6.04 Å². The minimum atomic E-state index is -0.726. The third-order valence-corrected chi connectivity index (χ3v) is 4.23. The fourth-order valence-electron chi connectivity index (χ4n) is 2.51. The summed E-state index contributed by atoms with van der Waals surface area (Å²) in [4.78, 5) is 11.5. The third kappa shape index (κ3) is 5.14. The van der Waals surface area contributed by atoms with Crippen LogP contribution in [-0.2, 0) is 16.0 Å². The largest absolute Gasteiger partial charge is 0.481 e. The van der Waals surface area contributed by atoms with E-state index in [9.17, 15) is 9.90 Å². The summed E-state index contributed by atoms with van der Waals surface area (Å²) in [5.41, 5.74) is 0.531. The van der Waals surface area contributed by atoms with Gasteiger partial charge in [0.25, 0.3) is 0 Å². The normalized spacial score (nSPS) is 13.1. The number of carbonyl (C=O) groups is 1. The van der Waals surface area contributed by atoms with Crippen molar-refractivity contribution in [3.8, 4) is 0 Å². The lowest BCUT2D eigenvalue weighted by Crippen LogP contribution is -2.46. The Bertz CT molecular complexity index is 415. The van der Waals surface area contributed by atoms with Gasteiger partial charge in [0.1, 0.15) is 0 Å². The first kappa shape index (κ1) is 17.7. The summed E-state index contributed by atoms with van der Waals surface area (Å²) in [7, 11) is 1.67. The molecule has 0 bridgehead atoms. The zero-order valence-electron chi connectivity index (χ0n) is 13.3. The van der Waals surface area contributed by atoms with Crippen LogP contribution in [0.5, 0.6) is 0 Å². The number of methoxy groups -OCH3 is 1. The average molecular weight is 293 g/mol. The number of benzene rings is 1. The molecule has 0 fully saturated rings. The van der Waals surface area contributed by atoms with Gasteiger partial charge < -0.3 is 15.2 Å². The Hall–Kier alpha value is -1.39. The number of hydrogen-bond donors (Lipinski definition) is 2. The van der Waals surface area contributed by atoms with Crippen molar-refractivity contribution in [2.45, 2.75) is 39.2 Å². The summed E-state index contributed by atoms with van der Waals surface area (Å²) < 4.78 is 5.26. The number of rotatable bonds is 10. The Labute approximate surface area is 127 Å². The zero-order valence-corrected chi connectivity index (χ0v) is 13.3. The summed E-state index contributed by atoms with van der Waals surface area (Å²) in [5.74, 6) is -0.726. The Kier molecular flexibility index (Phi) is 7.40. The van der Waals surface area contributed by atoms with Crippen LogP contribution in [0.4, 0.5) is 0 Å². The highest BCUT2D eigenvalue weighted by Gasteiger charge is 2.35. The first-order valence-electron chi connectivity index (χ1n) is 7.57. The van der Waals surface area contributed by atoms with Gasteiger partial charge in [-0.25, -0.2) is 0 Å². The summed E-state index contributed by atoms with van der Waals surface area (Å²) >= 11 is 0. The Morgan fingerprint density at radius 2 is 1.90 bits per heavy atom. The van der Waals surface area contributed by atoms with Crippen LogP contribution >= 0.6 is 0 Å². The summed E-state index contributed by atoms with van der Waals surface area (Å²) in [6.07, 6.45) is 2.07. The first-order chi connectivity index (χ1) is 10.1. The molecule has 0 radical (unpaired) electrons. The molecule has 1 aromatic carbocycles. The van der Waals surface area contributed by atoms with E-state index in [1.54, 1.807) is 7.11 Å². The van der Waals surface area contributed by atoms with Gasteiger partial charge in [0.05, 0.1) is 12.0 Å². The maximum absolute atomic E-state index is 11.5. The molecule has 1 rings (SSSR count). The van der Waals surface area contributed by atoms with Crippen LogP contribution in [0, 0.1) is 5.41 Å². The third-order valence-electron chi connectivity index (χ3n) is 4.23. The molecule has 0 saturated carbocycles. The van der Waals surface area contributed by atoms with Gasteiger partial charge in [0, 0.05) is 19.7 Å². The molecule has 118 valence electrons. The maximum atomic E-state index is 11.5. The van der Waals surface area contributed by atoms with Gasteiger partial charge in [-0.05, 0) is 24.8 Å². The van der Waals surface area contributed by atoms with E-state index in [0.29, 0.717) is 26.0 Å². The van der Waals surface area contributed by atoms with Crippen molar-refractivity contribution in [3.05, 3.63) is 35.9 Å². The first-order valence-corrected chi connectivity index (χ1v) is 7.57. The van der Waals surface area contributed by atoms with Crippen LogP contribution in [0.2, 0.25) is 0 Å². The molecule has 4 nitrogen and oxygen atoms in total.